The van der Waals surface area contributed by atoms with Crippen LogP contribution in [0.15, 0.2) is 37.0 Å². The van der Waals surface area contributed by atoms with Gasteiger partial charge in [0, 0.05) is 42.7 Å². The van der Waals surface area contributed by atoms with Crippen molar-refractivity contribution in [2.24, 2.45) is 0 Å². The summed E-state index contributed by atoms with van der Waals surface area (Å²) < 4.78 is 60.8. The third-order valence-electron chi connectivity index (χ3n) is 5.72. The summed E-state index contributed by atoms with van der Waals surface area (Å²) in [5.41, 5.74) is -0.0360. The third kappa shape index (κ3) is 4.06. The molecule has 0 bridgehead atoms. The highest BCUT2D eigenvalue weighted by Gasteiger charge is 2.31. The zero-order valence-corrected chi connectivity index (χ0v) is 19.2. The molecule has 12 heteroatoms. The zero-order chi connectivity index (χ0) is 31.4. The molecule has 4 aromatic heterocycles. The quantitative estimate of drug-likeness (QED) is 0.323. The van der Waals surface area contributed by atoms with Crippen molar-refractivity contribution in [3.05, 3.63) is 59.6 Å². The van der Waals surface area contributed by atoms with E-state index in [1.165, 1.54) is 36.2 Å². The van der Waals surface area contributed by atoms with E-state index in [4.69, 9.17) is 14.3 Å². The molecule has 0 radical (unpaired) electrons. The number of carbonyl (C=O) groups excluding carboxylic acids is 3. The van der Waals surface area contributed by atoms with Crippen LogP contribution in [0.4, 0.5) is 0 Å². The van der Waals surface area contributed by atoms with Gasteiger partial charge in [-0.15, -0.1) is 0 Å². The fourth-order valence-corrected chi connectivity index (χ4v) is 3.90. The molecule has 4 aromatic rings. The van der Waals surface area contributed by atoms with Gasteiger partial charge in [0.1, 0.15) is 24.9 Å². The number of aromatic nitrogens is 6. The van der Waals surface area contributed by atoms with E-state index < -0.39 is 36.6 Å². The summed E-state index contributed by atoms with van der Waals surface area (Å²) in [5.74, 6) is -2.84. The van der Waals surface area contributed by atoms with Gasteiger partial charge in [0.25, 0.3) is 17.6 Å². The van der Waals surface area contributed by atoms with Crippen LogP contribution in [0, 0.1) is 13.8 Å². The molecule has 0 spiro atoms. The van der Waals surface area contributed by atoms with Gasteiger partial charge in [-0.05, 0) is 25.4 Å². The lowest BCUT2D eigenvalue weighted by Gasteiger charge is -2.34. The number of pyridine rings is 2. The number of nitrogens with zero attached hydrogens (tertiary/aromatic N) is 7. The lowest BCUT2D eigenvalue weighted by molar-refractivity contribution is -0.127. The van der Waals surface area contributed by atoms with E-state index in [0.717, 1.165) is 4.68 Å². The number of methoxy groups -OCH3 is 1. The van der Waals surface area contributed by atoms with Crippen molar-refractivity contribution >= 4 is 28.5 Å². The summed E-state index contributed by atoms with van der Waals surface area (Å²) >= 11 is 0. The van der Waals surface area contributed by atoms with Crippen molar-refractivity contribution in [3.8, 4) is 11.6 Å². The van der Waals surface area contributed by atoms with Crippen LogP contribution in [0.25, 0.3) is 16.7 Å². The number of hydrogen-bond donors (Lipinski definition) is 1. The molecule has 5 heterocycles. The molecule has 0 aromatic carbocycles. The number of nitrogens with one attached hydrogen (secondary N) is 1. The van der Waals surface area contributed by atoms with E-state index in [1.54, 1.807) is 0 Å². The molecule has 0 saturated carbocycles. The summed E-state index contributed by atoms with van der Waals surface area (Å²) in [4.78, 5) is 56.9. The zero-order valence-electron chi connectivity index (χ0n) is 26.2. The van der Waals surface area contributed by atoms with E-state index in [-0.39, 0.29) is 83.7 Å². The molecule has 1 aliphatic rings. The van der Waals surface area contributed by atoms with Gasteiger partial charge in [-0.1, -0.05) is 6.04 Å². The third-order valence-corrected chi connectivity index (χ3v) is 5.72. The first-order valence-electron chi connectivity index (χ1n) is 14.3. The van der Waals surface area contributed by atoms with Crippen LogP contribution >= 0.6 is 0 Å². The smallest absolute Gasteiger partial charge is 0.295 e. The number of aromatic amines is 1. The summed E-state index contributed by atoms with van der Waals surface area (Å²) in [6.07, 6.45) is 1.75. The van der Waals surface area contributed by atoms with E-state index in [1.807, 2.05) is 0 Å². The number of amides is 2. The minimum absolute atomic E-state index is 0.00231. The lowest BCUT2D eigenvalue weighted by Crippen LogP contribution is -2.52. The van der Waals surface area contributed by atoms with Crippen molar-refractivity contribution in [1.29, 1.82) is 0 Å². The summed E-state index contributed by atoms with van der Waals surface area (Å²) in [6.45, 7) is -1.12. The molecule has 0 aliphatic carbocycles. The lowest BCUT2D eigenvalue weighted by atomic mass is 10.1. The fraction of sp³-hybridized carbons (Fsp3) is 0.292. The molecule has 12 nitrogen and oxygen atoms in total. The maximum Gasteiger partial charge on any atom is 0.295 e. The van der Waals surface area contributed by atoms with Crippen LogP contribution in [0.3, 0.4) is 0 Å². The van der Waals surface area contributed by atoms with Crippen LogP contribution < -0.4 is 4.74 Å². The van der Waals surface area contributed by atoms with E-state index in [2.05, 4.69) is 25.0 Å². The molecule has 1 saturated heterocycles. The van der Waals surface area contributed by atoms with E-state index in [0.29, 0.717) is 0 Å². The Morgan fingerprint density at radius 1 is 1.11 bits per heavy atom. The Bertz CT molecular complexity index is 1790. The highest BCUT2D eigenvalue weighted by molar-refractivity contribution is 6.45. The predicted molar refractivity (Wildman–Crippen MR) is 128 cm³/mol. The second-order valence-corrected chi connectivity index (χ2v) is 7.91. The Kier molecular flexibility index (Phi) is 4.13. The average molecular weight is 496 g/mol. The summed E-state index contributed by atoms with van der Waals surface area (Å²) in [5, 5.41) is 4.05. The van der Waals surface area contributed by atoms with Crippen molar-refractivity contribution in [1.82, 2.24) is 39.5 Å². The molecule has 0 atom stereocenters. The number of Topliss-reactive ketones (excluding diaryl/α,β-unsaturated/α-hetero) is 1. The van der Waals surface area contributed by atoms with Gasteiger partial charge in [-0.3, -0.25) is 19.4 Å². The molecule has 5 rings (SSSR count). The van der Waals surface area contributed by atoms with Gasteiger partial charge in [0.15, 0.2) is 5.82 Å². The number of carbonyl (C=O) groups is 3. The topological polar surface area (TPSA) is 139 Å². The molecule has 0 unspecified atom stereocenters. The predicted octanol–water partition coefficient (Wildman–Crippen LogP) is 1.33. The average Bonchev–Trinajstić information content (AvgIpc) is 3.61. The van der Waals surface area contributed by atoms with Crippen LogP contribution in [0.1, 0.15) is 41.8 Å². The number of piperazine rings is 1. The minimum atomic E-state index is -2.67. The maximum atomic E-state index is 13.4. The van der Waals surface area contributed by atoms with Crippen LogP contribution in [0.2, 0.25) is 0 Å². The van der Waals surface area contributed by atoms with Gasteiger partial charge >= 0.3 is 0 Å². The second-order valence-electron chi connectivity index (χ2n) is 7.91. The number of fused-ring (bicyclic) bond motifs is 1. The van der Waals surface area contributed by atoms with Crippen molar-refractivity contribution in [2.75, 3.05) is 33.3 Å². The van der Waals surface area contributed by atoms with Gasteiger partial charge in [0.05, 0.1) is 33.9 Å². The van der Waals surface area contributed by atoms with Crippen molar-refractivity contribution in [2.45, 2.75) is 13.8 Å². The first kappa shape index (κ1) is 16.1. The van der Waals surface area contributed by atoms with E-state index >= 15 is 0 Å². The Balaban J connectivity index is 1.38. The molecule has 1 N–H and O–H groups in total. The van der Waals surface area contributed by atoms with Gasteiger partial charge in [-0.2, -0.15) is 5.10 Å². The number of rotatable bonds is 5. The van der Waals surface area contributed by atoms with Crippen LogP contribution in [-0.4, -0.2) is 90.4 Å². The molecular formula is C24H24N8O4. The number of hydrogen-bond acceptors (Lipinski definition) is 8. The standard InChI is InChI=1S/C24H24N8O4/c1-14-4-5-17(25-10-14)23(34)30-6-8-31(9-7-30)24(35)21(33)16-11-26-20-19(16)18(36-3)12-27-22(20)32-13-28-15(2)29-32/h4-5,10-13,26H,6-9H2,1-3H3/i2D3,4D,5D,10D,13D. The first-order valence-corrected chi connectivity index (χ1v) is 10.8. The van der Waals surface area contributed by atoms with Crippen molar-refractivity contribution in [3.63, 3.8) is 0 Å². The molecule has 184 valence electrons. The monoisotopic (exact) mass is 495 g/mol. The van der Waals surface area contributed by atoms with Gasteiger partial charge in [-0.25, -0.2) is 14.6 Å². The molecular weight excluding hydrogens is 464 g/mol. The van der Waals surface area contributed by atoms with Gasteiger partial charge in [0.2, 0.25) is 0 Å². The number of ether oxygens (including phenoxy) is 1. The highest BCUT2D eigenvalue weighted by Crippen LogP contribution is 2.31. The Morgan fingerprint density at radius 2 is 1.89 bits per heavy atom. The van der Waals surface area contributed by atoms with E-state index in [9.17, 15) is 14.4 Å². The SMILES string of the molecule is [2H]c1nc(C(=O)N2CCN(C(=O)C(=O)c3c[nH]c4c(-n5nc(C([2H])([2H])[2H])nc5[2H])ncc(OC)c34)CC2)c([2H])c([2H])c1C. The van der Waals surface area contributed by atoms with Crippen molar-refractivity contribution < 1.29 is 28.7 Å². The molecule has 2 amide bonds. The summed E-state index contributed by atoms with van der Waals surface area (Å²) in [7, 11) is 1.34. The Morgan fingerprint density at radius 3 is 2.61 bits per heavy atom. The van der Waals surface area contributed by atoms with Crippen LogP contribution in [0.5, 0.6) is 5.75 Å². The largest absolute Gasteiger partial charge is 0.494 e. The Hall–Kier alpha value is -4.61. The normalized spacial score (nSPS) is 16.9. The second kappa shape index (κ2) is 9.21. The number of ketones is 1. The minimum Gasteiger partial charge on any atom is -0.494 e. The highest BCUT2D eigenvalue weighted by atomic mass is 16.5. The number of aryl methyl sites for hydroxylation is 1. The number of H-pyrrole nitrogens is 1. The molecule has 1 aliphatic heterocycles. The first-order chi connectivity index (χ1) is 20.2. The summed E-state index contributed by atoms with van der Waals surface area (Å²) in [6, 6.07) is -0.636. The fourth-order valence-electron chi connectivity index (χ4n) is 3.90. The van der Waals surface area contributed by atoms with Gasteiger partial charge < -0.3 is 19.5 Å². The van der Waals surface area contributed by atoms with Crippen LogP contribution in [-0.2, 0) is 4.79 Å². The molecule has 36 heavy (non-hydrogen) atoms. The molecule has 1 fully saturated rings. The Labute approximate surface area is 215 Å². The maximum absolute atomic E-state index is 13.4.